The molecule has 0 saturated heterocycles. The minimum atomic E-state index is 0.628. The van der Waals surface area contributed by atoms with E-state index in [4.69, 9.17) is 12.2 Å². The van der Waals surface area contributed by atoms with Crippen molar-refractivity contribution in [3.63, 3.8) is 0 Å². The highest BCUT2D eigenvalue weighted by Crippen LogP contribution is 2.17. The predicted molar refractivity (Wildman–Crippen MR) is 74.7 cm³/mol. The largest absolute Gasteiger partial charge is 0.360 e. The number of nitrogens with one attached hydrogen (secondary N) is 1. The molecule has 0 amide bonds. The van der Waals surface area contributed by atoms with Crippen LogP contribution in [-0.4, -0.2) is 29.6 Å². The highest BCUT2D eigenvalue weighted by molar-refractivity contribution is 7.80. The second-order valence-corrected chi connectivity index (χ2v) is 5.78. The maximum absolute atomic E-state index is 5.42. The van der Waals surface area contributed by atoms with Gasteiger partial charge in [-0.3, -0.25) is 0 Å². The summed E-state index contributed by atoms with van der Waals surface area (Å²) >= 11 is 5.42. The summed E-state index contributed by atoms with van der Waals surface area (Å²) in [7, 11) is 2.10. The number of hydrogen-bond donors (Lipinski definition) is 1. The van der Waals surface area contributed by atoms with Crippen LogP contribution in [0.25, 0.3) is 0 Å². The summed E-state index contributed by atoms with van der Waals surface area (Å²) < 4.78 is 0. The first-order valence-electron chi connectivity index (χ1n) is 6.61. The van der Waals surface area contributed by atoms with Gasteiger partial charge in [0.25, 0.3) is 0 Å². The van der Waals surface area contributed by atoms with Crippen molar-refractivity contribution in [2.24, 2.45) is 5.92 Å². The molecule has 3 heteroatoms. The van der Waals surface area contributed by atoms with E-state index in [1.54, 1.807) is 0 Å². The second-order valence-electron chi connectivity index (χ2n) is 5.39. The quantitative estimate of drug-likeness (QED) is 0.762. The van der Waals surface area contributed by atoms with Gasteiger partial charge in [-0.2, -0.15) is 0 Å². The summed E-state index contributed by atoms with van der Waals surface area (Å²) in [5.74, 6) is 0.750. The van der Waals surface area contributed by atoms with Crippen LogP contribution in [0.15, 0.2) is 0 Å². The van der Waals surface area contributed by atoms with Crippen LogP contribution in [0.3, 0.4) is 0 Å². The molecule has 1 aliphatic carbocycles. The number of thiocarbonyl (C=S) groups is 1. The Morgan fingerprint density at radius 1 is 1.31 bits per heavy atom. The van der Waals surface area contributed by atoms with Crippen LogP contribution in [0.2, 0.25) is 0 Å². The van der Waals surface area contributed by atoms with Gasteiger partial charge in [0.2, 0.25) is 0 Å². The Balaban J connectivity index is 2.22. The number of rotatable bonds is 4. The van der Waals surface area contributed by atoms with Crippen LogP contribution in [0.5, 0.6) is 0 Å². The summed E-state index contributed by atoms with van der Waals surface area (Å²) in [4.78, 5) is 2.18. The van der Waals surface area contributed by atoms with E-state index in [2.05, 4.69) is 31.1 Å². The molecule has 0 aromatic rings. The van der Waals surface area contributed by atoms with Crippen molar-refractivity contribution in [2.75, 3.05) is 13.6 Å². The summed E-state index contributed by atoms with van der Waals surface area (Å²) in [5.41, 5.74) is 0. The van der Waals surface area contributed by atoms with Crippen molar-refractivity contribution in [2.45, 2.75) is 58.4 Å². The predicted octanol–water partition coefficient (Wildman–Crippen LogP) is 3.17. The molecule has 1 rings (SSSR count). The molecule has 0 atom stereocenters. The second kappa shape index (κ2) is 7.10. The molecule has 1 fully saturated rings. The van der Waals surface area contributed by atoms with Gasteiger partial charge in [-0.15, -0.1) is 0 Å². The lowest BCUT2D eigenvalue weighted by Crippen LogP contribution is -2.44. The van der Waals surface area contributed by atoms with E-state index in [0.717, 1.165) is 17.6 Å². The van der Waals surface area contributed by atoms with Crippen LogP contribution < -0.4 is 5.32 Å². The third kappa shape index (κ3) is 5.15. The highest BCUT2D eigenvalue weighted by atomic mass is 32.1. The molecule has 1 N–H and O–H groups in total. The number of nitrogens with zero attached hydrogens (tertiary/aromatic N) is 1. The molecule has 2 nitrogen and oxygen atoms in total. The van der Waals surface area contributed by atoms with E-state index in [0.29, 0.717) is 6.04 Å². The van der Waals surface area contributed by atoms with E-state index in [1.807, 2.05) is 0 Å². The standard InChI is InChI=1S/C13H26N2S/c1-11(2)9-10-15(3)13(16)14-12-7-5-4-6-8-12/h11-12H,4-10H2,1-3H3,(H,14,16). The maximum Gasteiger partial charge on any atom is 0.168 e. The van der Waals surface area contributed by atoms with Gasteiger partial charge in [-0.05, 0) is 37.4 Å². The molecule has 0 bridgehead atoms. The van der Waals surface area contributed by atoms with Crippen LogP contribution in [-0.2, 0) is 0 Å². The molecular formula is C13H26N2S. The van der Waals surface area contributed by atoms with Crippen molar-refractivity contribution >= 4 is 17.3 Å². The monoisotopic (exact) mass is 242 g/mol. The fraction of sp³-hybridized carbons (Fsp3) is 0.923. The van der Waals surface area contributed by atoms with Gasteiger partial charge < -0.3 is 10.2 Å². The SMILES string of the molecule is CC(C)CCN(C)C(=S)NC1CCCCC1. The Labute approximate surface area is 106 Å². The molecule has 0 radical (unpaired) electrons. The average Bonchev–Trinajstić information content (AvgIpc) is 2.27. The Morgan fingerprint density at radius 2 is 1.94 bits per heavy atom. The summed E-state index contributed by atoms with van der Waals surface area (Å²) in [5, 5.41) is 4.44. The number of hydrogen-bond acceptors (Lipinski definition) is 1. The first-order valence-corrected chi connectivity index (χ1v) is 7.02. The zero-order valence-electron chi connectivity index (χ0n) is 11.0. The van der Waals surface area contributed by atoms with Gasteiger partial charge >= 0.3 is 0 Å². The van der Waals surface area contributed by atoms with Gasteiger partial charge in [0.05, 0.1) is 0 Å². The molecule has 1 saturated carbocycles. The van der Waals surface area contributed by atoms with E-state index in [9.17, 15) is 0 Å². The molecule has 0 heterocycles. The summed E-state index contributed by atoms with van der Waals surface area (Å²) in [6, 6.07) is 0.628. The van der Waals surface area contributed by atoms with Crippen LogP contribution >= 0.6 is 12.2 Å². The lowest BCUT2D eigenvalue weighted by Gasteiger charge is -2.28. The van der Waals surface area contributed by atoms with Crippen molar-refractivity contribution in [1.29, 1.82) is 0 Å². The third-order valence-electron chi connectivity index (χ3n) is 3.32. The maximum atomic E-state index is 5.42. The molecule has 16 heavy (non-hydrogen) atoms. The Morgan fingerprint density at radius 3 is 2.50 bits per heavy atom. The van der Waals surface area contributed by atoms with Gasteiger partial charge in [-0.25, -0.2) is 0 Å². The summed E-state index contributed by atoms with van der Waals surface area (Å²) in [6.07, 6.45) is 7.90. The first kappa shape index (κ1) is 13.8. The van der Waals surface area contributed by atoms with Crippen molar-refractivity contribution < 1.29 is 0 Å². The zero-order chi connectivity index (χ0) is 12.0. The van der Waals surface area contributed by atoms with E-state index in [1.165, 1.54) is 38.5 Å². The van der Waals surface area contributed by atoms with Gasteiger partial charge in [0, 0.05) is 19.6 Å². The topological polar surface area (TPSA) is 15.3 Å². The fourth-order valence-electron chi connectivity index (χ4n) is 2.09. The minimum Gasteiger partial charge on any atom is -0.360 e. The van der Waals surface area contributed by atoms with Gasteiger partial charge in [0.15, 0.2) is 5.11 Å². The first-order chi connectivity index (χ1) is 7.59. The highest BCUT2D eigenvalue weighted by Gasteiger charge is 2.15. The molecular weight excluding hydrogens is 216 g/mol. The molecule has 0 aromatic carbocycles. The Kier molecular flexibility index (Phi) is 6.10. The third-order valence-corrected chi connectivity index (χ3v) is 3.75. The van der Waals surface area contributed by atoms with Crippen molar-refractivity contribution in [1.82, 2.24) is 10.2 Å². The van der Waals surface area contributed by atoms with Crippen LogP contribution in [0, 0.1) is 5.92 Å². The van der Waals surface area contributed by atoms with Crippen molar-refractivity contribution in [3.05, 3.63) is 0 Å². The Bertz CT molecular complexity index is 210. The van der Waals surface area contributed by atoms with Crippen LogP contribution in [0.1, 0.15) is 52.4 Å². The molecule has 0 aromatic heterocycles. The molecule has 94 valence electrons. The molecule has 1 aliphatic rings. The normalized spacial score (nSPS) is 17.5. The Hall–Kier alpha value is -0.310. The molecule has 0 aliphatic heterocycles. The van der Waals surface area contributed by atoms with Gasteiger partial charge in [0.1, 0.15) is 0 Å². The fourth-order valence-corrected chi connectivity index (χ4v) is 2.34. The summed E-state index contributed by atoms with van der Waals surface area (Å²) in [6.45, 7) is 5.58. The van der Waals surface area contributed by atoms with Crippen molar-refractivity contribution in [3.8, 4) is 0 Å². The smallest absolute Gasteiger partial charge is 0.168 e. The lowest BCUT2D eigenvalue weighted by molar-refractivity contribution is 0.383. The molecule has 0 unspecified atom stereocenters. The van der Waals surface area contributed by atoms with Gasteiger partial charge in [-0.1, -0.05) is 33.1 Å². The average molecular weight is 242 g/mol. The van der Waals surface area contributed by atoms with E-state index in [-0.39, 0.29) is 0 Å². The minimum absolute atomic E-state index is 0.628. The van der Waals surface area contributed by atoms with E-state index >= 15 is 0 Å². The zero-order valence-corrected chi connectivity index (χ0v) is 11.8. The van der Waals surface area contributed by atoms with E-state index < -0.39 is 0 Å². The lowest BCUT2D eigenvalue weighted by atomic mass is 9.96. The molecule has 0 spiro atoms. The van der Waals surface area contributed by atoms with Crippen LogP contribution in [0.4, 0.5) is 0 Å².